The van der Waals surface area contributed by atoms with E-state index in [0.29, 0.717) is 51.4 Å². The normalized spacial score (nSPS) is 38.5. The van der Waals surface area contributed by atoms with Crippen LogP contribution >= 0.6 is 0 Å². The number of hydrogen-bond donors (Lipinski definition) is 0. The van der Waals surface area contributed by atoms with Crippen molar-refractivity contribution >= 4 is 53.7 Å². The van der Waals surface area contributed by atoms with E-state index < -0.39 is 59.6 Å². The van der Waals surface area contributed by atoms with Crippen molar-refractivity contribution in [3.63, 3.8) is 0 Å². The van der Waals surface area contributed by atoms with Crippen LogP contribution in [0.4, 0.5) is 0 Å². The molecule has 18 heteroatoms. The van der Waals surface area contributed by atoms with Crippen molar-refractivity contribution in [2.45, 2.75) is 249 Å². The minimum Gasteiger partial charge on any atom is -0.464 e. The summed E-state index contributed by atoms with van der Waals surface area (Å²) in [7, 11) is 0. The second kappa shape index (κ2) is 27.6. The highest BCUT2D eigenvalue weighted by molar-refractivity contribution is 5.78. The molecule has 90 heavy (non-hydrogen) atoms. The lowest BCUT2D eigenvalue weighted by Crippen LogP contribution is -2.63. The molecule has 500 valence electrons. The molecule has 0 heterocycles. The highest BCUT2D eigenvalue weighted by Crippen LogP contribution is 2.71. The number of esters is 9. The highest BCUT2D eigenvalue weighted by atomic mass is 16.6. The Morgan fingerprint density at radius 3 is 1.24 bits per heavy atom. The molecule has 22 atom stereocenters. The number of carbonyl (C=O) groups excluding carboxylic acids is 9. The molecule has 8 fully saturated rings. The summed E-state index contributed by atoms with van der Waals surface area (Å²) in [6.45, 7) is 22.8. The lowest BCUT2D eigenvalue weighted by atomic mass is 9.43. The molecule has 8 aliphatic carbocycles. The SMILES string of the molecule is CC(=O)O[C@@H]1CC[C@@]2(C)[C@H](C1)C[C@@H](OC(C)=O)[C@@H]1[C@@H]2C[C@H](OC(C)=O)[C@]2(C)[C@@H]([C@H](C)CCC(=O)OCC(C)(COC(=O)CC[C@@H](C)[C@H]3CC[C@H]4[C@@H]5[C@H](OC(C)=O)C[C@H]6C[C@H](OC(C)=O)CC[C@]6(C)[C@H]5C[C@H](OC(C)=O)[C@]34C)C(=O)OCc3ccccc3)CC[C@@H]12. The van der Waals surface area contributed by atoms with Crippen molar-refractivity contribution < 1.29 is 85.8 Å². The number of ether oxygens (including phenoxy) is 9. The molecule has 0 radical (unpaired) electrons. The molecule has 8 saturated carbocycles. The van der Waals surface area contributed by atoms with Crippen LogP contribution in [0.15, 0.2) is 30.3 Å². The molecule has 0 unspecified atom stereocenters. The predicted molar refractivity (Wildman–Crippen MR) is 328 cm³/mol. The van der Waals surface area contributed by atoms with Gasteiger partial charge in [0.1, 0.15) is 61.9 Å². The number of carbonyl (C=O) groups is 9. The maximum absolute atomic E-state index is 14.2. The van der Waals surface area contributed by atoms with Gasteiger partial charge in [-0.05, 0) is 185 Å². The first kappa shape index (κ1) is 68.8. The van der Waals surface area contributed by atoms with Gasteiger partial charge in [-0.3, -0.25) is 43.2 Å². The first-order valence-corrected chi connectivity index (χ1v) is 34.0. The molecule has 0 saturated heterocycles. The average molecular weight is 1260 g/mol. The number of hydrogen-bond acceptors (Lipinski definition) is 18. The third-order valence-corrected chi connectivity index (χ3v) is 25.2. The van der Waals surface area contributed by atoms with E-state index in [4.69, 9.17) is 42.6 Å². The van der Waals surface area contributed by atoms with Crippen LogP contribution in [-0.4, -0.2) is 104 Å². The van der Waals surface area contributed by atoms with Crippen LogP contribution in [0, 0.1) is 98.1 Å². The third-order valence-electron chi connectivity index (χ3n) is 25.2. The zero-order valence-electron chi connectivity index (χ0n) is 56.0. The van der Waals surface area contributed by atoms with E-state index in [1.807, 2.05) is 30.3 Å². The molecule has 8 aliphatic rings. The molecule has 0 aliphatic heterocycles. The van der Waals surface area contributed by atoms with E-state index in [1.54, 1.807) is 6.92 Å². The zero-order chi connectivity index (χ0) is 65.4. The Hall–Kier alpha value is -5.55. The van der Waals surface area contributed by atoms with Gasteiger partial charge in [0.2, 0.25) is 0 Å². The van der Waals surface area contributed by atoms with E-state index in [2.05, 4.69) is 41.5 Å². The third kappa shape index (κ3) is 14.0. The van der Waals surface area contributed by atoms with E-state index in [9.17, 15) is 43.2 Å². The predicted octanol–water partition coefficient (Wildman–Crippen LogP) is 12.0. The van der Waals surface area contributed by atoms with Gasteiger partial charge in [-0.1, -0.05) is 71.9 Å². The van der Waals surface area contributed by atoms with Gasteiger partial charge in [0.05, 0.1) is 0 Å². The fourth-order valence-electron chi connectivity index (χ4n) is 21.0. The maximum atomic E-state index is 14.2. The minimum atomic E-state index is -1.57. The summed E-state index contributed by atoms with van der Waals surface area (Å²) < 4.78 is 54.6. The van der Waals surface area contributed by atoms with Crippen LogP contribution < -0.4 is 0 Å². The van der Waals surface area contributed by atoms with Gasteiger partial charge in [0.25, 0.3) is 0 Å². The lowest BCUT2D eigenvalue weighted by molar-refractivity contribution is -0.225. The molecule has 0 amide bonds. The van der Waals surface area contributed by atoms with Gasteiger partial charge >= 0.3 is 53.7 Å². The van der Waals surface area contributed by atoms with Crippen LogP contribution in [0.25, 0.3) is 0 Å². The summed E-state index contributed by atoms with van der Waals surface area (Å²) in [5.74, 6) is -3.05. The van der Waals surface area contributed by atoms with Crippen molar-refractivity contribution in [2.75, 3.05) is 13.2 Å². The average Bonchev–Trinajstić information content (AvgIpc) is 0.772. The van der Waals surface area contributed by atoms with Crippen molar-refractivity contribution in [3.05, 3.63) is 35.9 Å². The van der Waals surface area contributed by atoms with Crippen LogP contribution in [0.1, 0.15) is 211 Å². The largest absolute Gasteiger partial charge is 0.464 e. The van der Waals surface area contributed by atoms with Crippen LogP contribution in [0.3, 0.4) is 0 Å². The number of benzene rings is 1. The molecule has 0 bridgehead atoms. The Labute approximate surface area is 533 Å². The summed E-state index contributed by atoms with van der Waals surface area (Å²) in [6, 6.07) is 9.20. The van der Waals surface area contributed by atoms with Gasteiger partial charge in [-0.2, -0.15) is 0 Å². The Balaban J connectivity index is 0.847. The van der Waals surface area contributed by atoms with Crippen molar-refractivity contribution in [1.29, 1.82) is 0 Å². The molecule has 1 aromatic rings. The van der Waals surface area contributed by atoms with E-state index in [1.165, 1.54) is 41.5 Å². The fraction of sp³-hybridized carbons (Fsp3) is 0.792. The van der Waals surface area contributed by atoms with Gasteiger partial charge < -0.3 is 42.6 Å². The Morgan fingerprint density at radius 2 is 0.867 bits per heavy atom. The Morgan fingerprint density at radius 1 is 0.478 bits per heavy atom. The van der Waals surface area contributed by atoms with E-state index in [-0.39, 0.29) is 162 Å². The maximum Gasteiger partial charge on any atom is 0.319 e. The molecule has 1 aromatic carbocycles. The highest BCUT2D eigenvalue weighted by Gasteiger charge is 2.70. The van der Waals surface area contributed by atoms with Crippen molar-refractivity contribution in [3.8, 4) is 0 Å². The fourth-order valence-corrected chi connectivity index (χ4v) is 21.0. The topological polar surface area (TPSA) is 237 Å². The zero-order valence-corrected chi connectivity index (χ0v) is 56.0. The van der Waals surface area contributed by atoms with Crippen LogP contribution in [0.5, 0.6) is 0 Å². The van der Waals surface area contributed by atoms with Crippen LogP contribution in [-0.2, 0) is 92.4 Å². The number of rotatable bonds is 21. The van der Waals surface area contributed by atoms with Crippen LogP contribution in [0.2, 0.25) is 0 Å². The van der Waals surface area contributed by atoms with E-state index in [0.717, 1.165) is 56.9 Å². The molecule has 9 rings (SSSR count). The first-order chi connectivity index (χ1) is 42.4. The molecule has 0 spiro atoms. The van der Waals surface area contributed by atoms with Crippen molar-refractivity contribution in [1.82, 2.24) is 0 Å². The first-order valence-electron chi connectivity index (χ1n) is 34.0. The summed E-state index contributed by atoms with van der Waals surface area (Å²) >= 11 is 0. The molecule has 0 N–H and O–H groups in total. The standard InChI is InChI=1S/C72H104O18/c1-40(53-21-23-55-65-57(35-61(71(53,55)12)89-46(7)77)69(10)29-27-51(85-42(3)73)31-49(69)33-59(65)87-44(5)75)19-25-63(79)83-38-68(9,67(81)82-37-48-17-15-14-16-18-48)39-84-64(80)26-20-41(2)54-22-24-56-66-58(36-62(72(54,56)13)90-47(8)78)70(11)30-28-52(86-43(4)74)32-50(70)34-60(66)88-45(6)76/h14-18,40-41,49-62,65-66H,19-39H2,1-13H3/t40-,41-,49-,50-,51-,52-,53-,54-,55+,56+,57+,58+,59-,60-,61+,62+,65+,66+,69+,70+,71-,72-/m1/s1. The van der Waals surface area contributed by atoms with Gasteiger partial charge in [0, 0.05) is 77.0 Å². The summed E-state index contributed by atoms with van der Waals surface area (Å²) in [5.41, 5.74) is -2.12. The lowest BCUT2D eigenvalue weighted by Gasteiger charge is -2.64. The van der Waals surface area contributed by atoms with Gasteiger partial charge in [-0.15, -0.1) is 0 Å². The van der Waals surface area contributed by atoms with Crippen molar-refractivity contribution in [2.24, 2.45) is 98.1 Å². The molecular formula is C72H104O18. The molecular weight excluding hydrogens is 1150 g/mol. The minimum absolute atomic E-state index is 0.0201. The number of fused-ring (bicyclic) bond motifs is 10. The molecule has 0 aromatic heterocycles. The summed E-state index contributed by atoms with van der Waals surface area (Å²) in [6.07, 6.45) is 9.44. The second-order valence-electron chi connectivity index (χ2n) is 30.5. The summed E-state index contributed by atoms with van der Waals surface area (Å²) in [5, 5.41) is 0. The monoisotopic (exact) mass is 1260 g/mol. The summed E-state index contributed by atoms with van der Waals surface area (Å²) in [4.78, 5) is 118. The Bertz CT molecular complexity index is 2660. The van der Waals surface area contributed by atoms with Gasteiger partial charge in [0.15, 0.2) is 0 Å². The molecule has 18 nitrogen and oxygen atoms in total. The smallest absolute Gasteiger partial charge is 0.319 e. The van der Waals surface area contributed by atoms with E-state index >= 15 is 0 Å². The van der Waals surface area contributed by atoms with Gasteiger partial charge in [-0.25, -0.2) is 0 Å². The quantitative estimate of drug-likeness (QED) is 0.0821. The second-order valence-corrected chi connectivity index (χ2v) is 30.5. The Kier molecular flexibility index (Phi) is 21.1.